The summed E-state index contributed by atoms with van der Waals surface area (Å²) in [7, 11) is 0. The summed E-state index contributed by atoms with van der Waals surface area (Å²) < 4.78 is 11.3. The number of ether oxygens (including phenoxy) is 1. The van der Waals surface area contributed by atoms with E-state index in [9.17, 15) is 24.9 Å². The fourth-order valence-electron chi connectivity index (χ4n) is 4.26. The Bertz CT molecular complexity index is 1190. The molecule has 0 atom stereocenters. The maximum atomic E-state index is 13.2. The van der Waals surface area contributed by atoms with E-state index in [0.717, 1.165) is 25.3 Å². The van der Waals surface area contributed by atoms with Crippen LogP contribution >= 0.6 is 0 Å². The highest BCUT2D eigenvalue weighted by atomic mass is 16.5. The third-order valence-corrected chi connectivity index (χ3v) is 6.25. The van der Waals surface area contributed by atoms with Crippen molar-refractivity contribution in [1.29, 1.82) is 0 Å². The molecule has 3 N–H and O–H groups in total. The van der Waals surface area contributed by atoms with E-state index in [1.807, 2.05) is 0 Å². The minimum absolute atomic E-state index is 0.0206. The van der Waals surface area contributed by atoms with Gasteiger partial charge in [0.05, 0.1) is 0 Å². The number of phenols is 3. The van der Waals surface area contributed by atoms with E-state index < -0.39 is 17.1 Å². The van der Waals surface area contributed by atoms with Gasteiger partial charge in [0.25, 0.3) is 0 Å². The molecule has 0 aliphatic heterocycles. The Labute approximate surface area is 211 Å². The van der Waals surface area contributed by atoms with E-state index >= 15 is 0 Å². The molecule has 1 heterocycles. The van der Waals surface area contributed by atoms with E-state index in [1.165, 1.54) is 75.3 Å². The van der Waals surface area contributed by atoms with Crippen molar-refractivity contribution in [3.8, 4) is 34.3 Å². The lowest BCUT2D eigenvalue weighted by Gasteiger charge is -2.11. The normalized spacial score (nSPS) is 11.1. The topological polar surface area (TPSA) is 117 Å². The molecule has 0 saturated heterocycles. The van der Waals surface area contributed by atoms with Crippen LogP contribution in [0, 0.1) is 0 Å². The van der Waals surface area contributed by atoms with Crippen molar-refractivity contribution < 1.29 is 29.3 Å². The number of hydrogen-bond acceptors (Lipinski definition) is 7. The van der Waals surface area contributed by atoms with Crippen molar-refractivity contribution in [2.24, 2.45) is 0 Å². The molecule has 3 rings (SSSR count). The van der Waals surface area contributed by atoms with Gasteiger partial charge in [-0.25, -0.2) is 0 Å². The number of unbranched alkanes of at least 4 members (excludes halogenated alkanes) is 10. The Kier molecular flexibility index (Phi) is 10.2. The molecule has 3 aromatic rings. The summed E-state index contributed by atoms with van der Waals surface area (Å²) in [6.45, 7) is 2.22. The number of aromatic hydroxyl groups is 3. The fraction of sp³-hybridized carbons (Fsp3) is 0.448. The van der Waals surface area contributed by atoms with Crippen LogP contribution in [0.4, 0.5) is 0 Å². The monoisotopic (exact) mass is 496 g/mol. The van der Waals surface area contributed by atoms with Gasteiger partial charge in [-0.1, -0.05) is 71.1 Å². The van der Waals surface area contributed by atoms with E-state index in [0.29, 0.717) is 12.0 Å². The van der Waals surface area contributed by atoms with Crippen molar-refractivity contribution >= 4 is 16.9 Å². The van der Waals surface area contributed by atoms with Gasteiger partial charge in [-0.3, -0.25) is 9.59 Å². The molecule has 0 aliphatic rings. The number of hydrogen-bond donors (Lipinski definition) is 3. The number of benzene rings is 2. The lowest BCUT2D eigenvalue weighted by Crippen LogP contribution is -2.16. The zero-order valence-corrected chi connectivity index (χ0v) is 20.9. The van der Waals surface area contributed by atoms with E-state index in [2.05, 4.69) is 6.92 Å². The third-order valence-electron chi connectivity index (χ3n) is 6.25. The van der Waals surface area contributed by atoms with Crippen LogP contribution in [-0.2, 0) is 4.79 Å². The van der Waals surface area contributed by atoms with Crippen molar-refractivity contribution in [1.82, 2.24) is 0 Å². The van der Waals surface area contributed by atoms with Gasteiger partial charge in [0.2, 0.25) is 11.2 Å². The summed E-state index contributed by atoms with van der Waals surface area (Å²) in [5.41, 5.74) is -0.373. The van der Waals surface area contributed by atoms with Gasteiger partial charge >= 0.3 is 5.97 Å². The Balaban J connectivity index is 1.62. The van der Waals surface area contributed by atoms with E-state index in [-0.39, 0.29) is 40.4 Å². The first-order valence-corrected chi connectivity index (χ1v) is 12.9. The van der Waals surface area contributed by atoms with Gasteiger partial charge in [0.1, 0.15) is 28.2 Å². The van der Waals surface area contributed by atoms with Crippen LogP contribution in [0.1, 0.15) is 84.0 Å². The predicted octanol–water partition coefficient (Wildman–Crippen LogP) is 7.18. The second kappa shape index (κ2) is 13.6. The van der Waals surface area contributed by atoms with Crippen molar-refractivity contribution in [3.63, 3.8) is 0 Å². The molecule has 0 unspecified atom stereocenters. The van der Waals surface area contributed by atoms with Crippen molar-refractivity contribution in [2.75, 3.05) is 0 Å². The average Bonchev–Trinajstić information content (AvgIpc) is 2.84. The lowest BCUT2D eigenvalue weighted by molar-refractivity contribution is -0.134. The highest BCUT2D eigenvalue weighted by Crippen LogP contribution is 2.36. The first-order valence-electron chi connectivity index (χ1n) is 12.9. The number of rotatable bonds is 14. The molecule has 0 aliphatic carbocycles. The molecule has 0 radical (unpaired) electrons. The van der Waals surface area contributed by atoms with Crippen LogP contribution in [0.2, 0.25) is 0 Å². The predicted molar refractivity (Wildman–Crippen MR) is 140 cm³/mol. The van der Waals surface area contributed by atoms with Crippen molar-refractivity contribution in [3.05, 3.63) is 46.6 Å². The number of esters is 1. The molecule has 0 fully saturated rings. The van der Waals surface area contributed by atoms with Crippen LogP contribution in [0.25, 0.3) is 22.3 Å². The minimum atomic E-state index is -0.718. The zero-order chi connectivity index (χ0) is 25.9. The van der Waals surface area contributed by atoms with Gasteiger partial charge in [0, 0.05) is 24.1 Å². The summed E-state index contributed by atoms with van der Waals surface area (Å²) in [6, 6.07) is 8.09. The quantitative estimate of drug-likeness (QED) is 0.160. The second-order valence-electron chi connectivity index (χ2n) is 9.23. The minimum Gasteiger partial charge on any atom is -0.508 e. The molecule has 36 heavy (non-hydrogen) atoms. The van der Waals surface area contributed by atoms with Crippen LogP contribution in [-0.4, -0.2) is 21.3 Å². The lowest BCUT2D eigenvalue weighted by atomic mass is 10.1. The van der Waals surface area contributed by atoms with Crippen LogP contribution in [0.5, 0.6) is 23.0 Å². The maximum absolute atomic E-state index is 13.2. The standard InChI is InChI=1S/C29H36O7/c1-2-3-4-5-6-7-8-9-10-11-12-13-25(33)36-29-27(34)26-23(32)18-22(31)19-24(26)35-28(29)20-14-16-21(30)17-15-20/h14-19,30-32H,2-13H2,1H3. The third kappa shape index (κ3) is 7.51. The maximum Gasteiger partial charge on any atom is 0.311 e. The van der Waals surface area contributed by atoms with E-state index in [1.54, 1.807) is 0 Å². The Morgan fingerprint density at radius 1 is 0.806 bits per heavy atom. The van der Waals surface area contributed by atoms with Gasteiger partial charge in [-0.15, -0.1) is 0 Å². The molecule has 2 aromatic carbocycles. The SMILES string of the molecule is CCCCCCCCCCCCCC(=O)Oc1c(-c2ccc(O)cc2)oc2cc(O)cc(O)c2c1=O. The van der Waals surface area contributed by atoms with Crippen molar-refractivity contribution in [2.45, 2.75) is 84.0 Å². The van der Waals surface area contributed by atoms with Crippen LogP contribution < -0.4 is 10.2 Å². The summed E-state index contributed by atoms with van der Waals surface area (Å²) in [4.78, 5) is 25.8. The molecule has 7 nitrogen and oxygen atoms in total. The summed E-state index contributed by atoms with van der Waals surface area (Å²) in [5, 5.41) is 29.4. The first kappa shape index (κ1) is 27.1. The molecule has 7 heteroatoms. The van der Waals surface area contributed by atoms with Gasteiger partial charge in [0.15, 0.2) is 5.76 Å². The Hall–Kier alpha value is -3.48. The molecule has 0 spiro atoms. The summed E-state index contributed by atoms with van der Waals surface area (Å²) >= 11 is 0. The van der Waals surface area contributed by atoms with Crippen LogP contribution in [0.15, 0.2) is 45.6 Å². The second-order valence-corrected chi connectivity index (χ2v) is 9.23. The smallest absolute Gasteiger partial charge is 0.311 e. The van der Waals surface area contributed by atoms with E-state index in [4.69, 9.17) is 9.15 Å². The molecule has 1 aromatic heterocycles. The van der Waals surface area contributed by atoms with Gasteiger partial charge < -0.3 is 24.5 Å². The zero-order valence-electron chi connectivity index (χ0n) is 20.9. The molecule has 0 bridgehead atoms. The van der Waals surface area contributed by atoms with Gasteiger partial charge in [-0.2, -0.15) is 0 Å². The molecule has 0 saturated carbocycles. The Morgan fingerprint density at radius 3 is 2.00 bits per heavy atom. The number of carbonyl (C=O) groups excluding carboxylic acids is 1. The fourth-order valence-corrected chi connectivity index (χ4v) is 4.26. The largest absolute Gasteiger partial charge is 0.508 e. The summed E-state index contributed by atoms with van der Waals surface area (Å²) in [5.74, 6) is -1.64. The number of carbonyl (C=O) groups is 1. The highest BCUT2D eigenvalue weighted by Gasteiger charge is 2.23. The number of phenolic OH excluding ortho intramolecular Hbond substituents is 3. The van der Waals surface area contributed by atoms with Gasteiger partial charge in [-0.05, 0) is 30.7 Å². The summed E-state index contributed by atoms with van der Waals surface area (Å²) in [6.07, 6.45) is 12.9. The average molecular weight is 497 g/mol. The number of fused-ring (bicyclic) bond motifs is 1. The molecular weight excluding hydrogens is 460 g/mol. The first-order chi connectivity index (χ1) is 17.4. The molecule has 0 amide bonds. The molecular formula is C29H36O7. The highest BCUT2D eigenvalue weighted by molar-refractivity contribution is 5.89. The Morgan fingerprint density at radius 2 is 1.39 bits per heavy atom. The molecule has 194 valence electrons. The van der Waals surface area contributed by atoms with Crippen LogP contribution in [0.3, 0.4) is 0 Å².